The van der Waals surface area contributed by atoms with E-state index in [1.807, 2.05) is 24.3 Å². The van der Waals surface area contributed by atoms with Gasteiger partial charge in [0.15, 0.2) is 0 Å². The maximum absolute atomic E-state index is 11.4. The van der Waals surface area contributed by atoms with E-state index in [2.05, 4.69) is 29.4 Å². The van der Waals surface area contributed by atoms with Crippen molar-refractivity contribution in [2.45, 2.75) is 26.4 Å². The Labute approximate surface area is 99.5 Å². The first kappa shape index (κ1) is 11.6. The third-order valence-corrected chi connectivity index (χ3v) is 2.46. The van der Waals surface area contributed by atoms with Crippen molar-refractivity contribution in [2.24, 2.45) is 0 Å². The SMILES string of the molecule is CC(C)NCc1cccc(-n2cn[nH]c2=O)c1. The van der Waals surface area contributed by atoms with Crippen molar-refractivity contribution in [3.8, 4) is 5.69 Å². The van der Waals surface area contributed by atoms with Crippen LogP contribution in [0.15, 0.2) is 35.4 Å². The molecule has 0 unspecified atom stereocenters. The minimum Gasteiger partial charge on any atom is -0.310 e. The van der Waals surface area contributed by atoms with Gasteiger partial charge in [-0.2, -0.15) is 5.10 Å². The molecule has 0 radical (unpaired) electrons. The average Bonchev–Trinajstić information content (AvgIpc) is 2.73. The van der Waals surface area contributed by atoms with Gasteiger partial charge in [-0.3, -0.25) is 0 Å². The van der Waals surface area contributed by atoms with Gasteiger partial charge in [-0.25, -0.2) is 14.5 Å². The molecule has 2 rings (SSSR count). The van der Waals surface area contributed by atoms with Crippen LogP contribution in [0.3, 0.4) is 0 Å². The maximum atomic E-state index is 11.4. The third-order valence-electron chi connectivity index (χ3n) is 2.46. The van der Waals surface area contributed by atoms with Crippen molar-refractivity contribution in [1.29, 1.82) is 0 Å². The highest BCUT2D eigenvalue weighted by Gasteiger charge is 2.02. The van der Waals surface area contributed by atoms with E-state index >= 15 is 0 Å². The molecule has 2 aromatic rings. The Morgan fingerprint density at radius 2 is 2.29 bits per heavy atom. The molecule has 0 atom stereocenters. The predicted octanol–water partition coefficient (Wildman–Crippen LogP) is 1.06. The second-order valence-corrected chi connectivity index (χ2v) is 4.24. The summed E-state index contributed by atoms with van der Waals surface area (Å²) in [7, 11) is 0. The van der Waals surface area contributed by atoms with Crippen molar-refractivity contribution in [1.82, 2.24) is 20.1 Å². The Bertz CT molecular complexity index is 541. The largest absolute Gasteiger partial charge is 0.347 e. The molecule has 1 aromatic carbocycles. The number of rotatable bonds is 4. The molecular weight excluding hydrogens is 216 g/mol. The van der Waals surface area contributed by atoms with Gasteiger partial charge in [0, 0.05) is 12.6 Å². The van der Waals surface area contributed by atoms with E-state index in [4.69, 9.17) is 0 Å². The predicted molar refractivity (Wildman–Crippen MR) is 66.2 cm³/mol. The topological polar surface area (TPSA) is 62.7 Å². The lowest BCUT2D eigenvalue weighted by Crippen LogP contribution is -2.22. The Hall–Kier alpha value is -1.88. The molecule has 0 aliphatic heterocycles. The van der Waals surface area contributed by atoms with Gasteiger partial charge in [0.1, 0.15) is 6.33 Å². The monoisotopic (exact) mass is 232 g/mol. The highest BCUT2D eigenvalue weighted by molar-refractivity contribution is 5.35. The number of benzene rings is 1. The molecule has 0 amide bonds. The lowest BCUT2D eigenvalue weighted by molar-refractivity contribution is 0.588. The molecule has 5 heteroatoms. The summed E-state index contributed by atoms with van der Waals surface area (Å²) in [4.78, 5) is 11.4. The van der Waals surface area contributed by atoms with Crippen molar-refractivity contribution < 1.29 is 0 Å². The van der Waals surface area contributed by atoms with Crippen LogP contribution in [-0.4, -0.2) is 20.8 Å². The molecule has 0 saturated carbocycles. The number of aromatic nitrogens is 3. The summed E-state index contributed by atoms with van der Waals surface area (Å²) in [6, 6.07) is 8.27. The van der Waals surface area contributed by atoms with E-state index in [9.17, 15) is 4.79 Å². The van der Waals surface area contributed by atoms with E-state index < -0.39 is 0 Å². The number of aromatic amines is 1. The van der Waals surface area contributed by atoms with Crippen LogP contribution in [0.4, 0.5) is 0 Å². The summed E-state index contributed by atoms with van der Waals surface area (Å²) in [6.45, 7) is 4.99. The van der Waals surface area contributed by atoms with E-state index in [-0.39, 0.29) is 5.69 Å². The summed E-state index contributed by atoms with van der Waals surface area (Å²) in [5.41, 5.74) is 1.75. The standard InChI is InChI=1S/C12H16N4O/c1-9(2)13-7-10-4-3-5-11(6-10)16-8-14-15-12(16)17/h3-6,8-9,13H,7H2,1-2H3,(H,15,17). The van der Waals surface area contributed by atoms with Crippen molar-refractivity contribution >= 4 is 0 Å². The van der Waals surface area contributed by atoms with Gasteiger partial charge < -0.3 is 5.32 Å². The molecule has 0 saturated heterocycles. The Balaban J connectivity index is 2.23. The van der Waals surface area contributed by atoms with Gasteiger partial charge in [-0.1, -0.05) is 26.0 Å². The van der Waals surface area contributed by atoms with Crippen LogP contribution in [-0.2, 0) is 6.54 Å². The minimum atomic E-state index is -0.223. The summed E-state index contributed by atoms with van der Waals surface area (Å²) in [5.74, 6) is 0. The number of hydrogen-bond donors (Lipinski definition) is 2. The minimum absolute atomic E-state index is 0.223. The lowest BCUT2D eigenvalue weighted by Gasteiger charge is -2.09. The smallest absolute Gasteiger partial charge is 0.310 e. The molecule has 0 aliphatic carbocycles. The maximum Gasteiger partial charge on any atom is 0.347 e. The highest BCUT2D eigenvalue weighted by Crippen LogP contribution is 2.08. The number of hydrogen-bond acceptors (Lipinski definition) is 3. The normalized spacial score (nSPS) is 11.0. The van der Waals surface area contributed by atoms with Gasteiger partial charge in [-0.15, -0.1) is 0 Å². The van der Waals surface area contributed by atoms with E-state index in [1.54, 1.807) is 0 Å². The van der Waals surface area contributed by atoms with Crippen molar-refractivity contribution in [2.75, 3.05) is 0 Å². The zero-order chi connectivity index (χ0) is 12.3. The number of nitrogens with zero attached hydrogens (tertiary/aromatic N) is 2. The first-order valence-electron chi connectivity index (χ1n) is 5.61. The van der Waals surface area contributed by atoms with Crippen LogP contribution < -0.4 is 11.0 Å². The molecule has 90 valence electrons. The van der Waals surface area contributed by atoms with Crippen molar-refractivity contribution in [3.63, 3.8) is 0 Å². The van der Waals surface area contributed by atoms with Gasteiger partial charge in [0.25, 0.3) is 0 Å². The zero-order valence-corrected chi connectivity index (χ0v) is 9.97. The van der Waals surface area contributed by atoms with Crippen LogP contribution in [0.5, 0.6) is 0 Å². The molecule has 5 nitrogen and oxygen atoms in total. The molecule has 0 spiro atoms. The zero-order valence-electron chi connectivity index (χ0n) is 9.97. The Kier molecular flexibility index (Phi) is 3.39. The lowest BCUT2D eigenvalue weighted by atomic mass is 10.2. The summed E-state index contributed by atoms with van der Waals surface area (Å²) < 4.78 is 1.48. The van der Waals surface area contributed by atoms with Crippen LogP contribution in [0.2, 0.25) is 0 Å². The number of nitrogens with one attached hydrogen (secondary N) is 2. The van der Waals surface area contributed by atoms with Crippen LogP contribution in [0, 0.1) is 0 Å². The van der Waals surface area contributed by atoms with Gasteiger partial charge in [0.2, 0.25) is 0 Å². The van der Waals surface area contributed by atoms with E-state index in [0.29, 0.717) is 6.04 Å². The van der Waals surface area contributed by atoms with Crippen LogP contribution in [0.25, 0.3) is 5.69 Å². The summed E-state index contributed by atoms with van der Waals surface area (Å²) in [6.07, 6.45) is 1.48. The molecule has 2 N–H and O–H groups in total. The first-order valence-corrected chi connectivity index (χ1v) is 5.61. The Morgan fingerprint density at radius 1 is 1.47 bits per heavy atom. The van der Waals surface area contributed by atoms with E-state index in [1.165, 1.54) is 10.9 Å². The molecule has 1 aromatic heterocycles. The fourth-order valence-corrected chi connectivity index (χ4v) is 1.57. The molecule has 0 fully saturated rings. The molecule has 17 heavy (non-hydrogen) atoms. The quantitative estimate of drug-likeness (QED) is 0.828. The molecule has 1 heterocycles. The van der Waals surface area contributed by atoms with Crippen LogP contribution >= 0.6 is 0 Å². The van der Waals surface area contributed by atoms with Gasteiger partial charge in [0.05, 0.1) is 5.69 Å². The molecular formula is C12H16N4O. The number of H-pyrrole nitrogens is 1. The second-order valence-electron chi connectivity index (χ2n) is 4.24. The van der Waals surface area contributed by atoms with Gasteiger partial charge in [-0.05, 0) is 17.7 Å². The van der Waals surface area contributed by atoms with E-state index in [0.717, 1.165) is 17.8 Å². The van der Waals surface area contributed by atoms with Crippen molar-refractivity contribution in [3.05, 3.63) is 46.6 Å². The second kappa shape index (κ2) is 4.97. The first-order chi connectivity index (χ1) is 8.16. The summed E-state index contributed by atoms with van der Waals surface area (Å²) in [5, 5.41) is 9.43. The highest BCUT2D eigenvalue weighted by atomic mass is 16.1. The average molecular weight is 232 g/mol. The third kappa shape index (κ3) is 2.82. The van der Waals surface area contributed by atoms with Crippen LogP contribution in [0.1, 0.15) is 19.4 Å². The molecule has 0 aliphatic rings. The molecule has 0 bridgehead atoms. The fraction of sp³-hybridized carbons (Fsp3) is 0.333. The van der Waals surface area contributed by atoms with Gasteiger partial charge >= 0.3 is 5.69 Å². The Morgan fingerprint density at radius 3 is 2.94 bits per heavy atom. The summed E-state index contributed by atoms with van der Waals surface area (Å²) >= 11 is 0. The fourth-order valence-electron chi connectivity index (χ4n) is 1.57.